The van der Waals surface area contributed by atoms with Crippen LogP contribution in [0.15, 0.2) is 12.3 Å². The second kappa shape index (κ2) is 3.93. The summed E-state index contributed by atoms with van der Waals surface area (Å²) >= 11 is 0. The maximum Gasteiger partial charge on any atom is 0.421 e. The molecule has 0 saturated carbocycles. The van der Waals surface area contributed by atoms with Crippen LogP contribution in [0.25, 0.3) is 0 Å². The summed E-state index contributed by atoms with van der Waals surface area (Å²) in [5.41, 5.74) is -2.28. The number of nitrogens with zero attached hydrogens (tertiary/aromatic N) is 1. The van der Waals surface area contributed by atoms with Gasteiger partial charge in [-0.1, -0.05) is 0 Å². The van der Waals surface area contributed by atoms with Gasteiger partial charge in [0.2, 0.25) is 5.88 Å². The molecule has 1 rings (SSSR count). The van der Waals surface area contributed by atoms with Crippen LogP contribution in [0.4, 0.5) is 13.2 Å². The van der Waals surface area contributed by atoms with Crippen LogP contribution in [0.2, 0.25) is 0 Å². The Labute approximate surface area is 90.9 Å². The van der Waals surface area contributed by atoms with Crippen molar-refractivity contribution < 1.29 is 23.0 Å². The van der Waals surface area contributed by atoms with Gasteiger partial charge in [0.15, 0.2) is 0 Å². The van der Waals surface area contributed by atoms with Crippen molar-refractivity contribution in [2.75, 3.05) is 7.11 Å². The highest BCUT2D eigenvalue weighted by Crippen LogP contribution is 2.36. The smallest absolute Gasteiger partial charge is 0.421 e. The van der Waals surface area contributed by atoms with E-state index in [1.54, 1.807) is 0 Å². The predicted octanol–water partition coefficient (Wildman–Crippen LogP) is 2.34. The van der Waals surface area contributed by atoms with Gasteiger partial charge in [0.25, 0.3) is 0 Å². The molecule has 0 bridgehead atoms. The van der Waals surface area contributed by atoms with Crippen molar-refractivity contribution in [1.29, 1.82) is 0 Å². The fourth-order valence-electron chi connectivity index (χ4n) is 1.15. The van der Waals surface area contributed by atoms with E-state index in [9.17, 15) is 18.3 Å². The van der Waals surface area contributed by atoms with Crippen molar-refractivity contribution in [3.63, 3.8) is 0 Å². The Hall–Kier alpha value is -1.30. The van der Waals surface area contributed by atoms with Gasteiger partial charge in [-0.15, -0.1) is 0 Å². The summed E-state index contributed by atoms with van der Waals surface area (Å²) in [5, 5.41) is 9.59. The molecule has 0 aliphatic heterocycles. The zero-order valence-electron chi connectivity index (χ0n) is 9.09. The number of methoxy groups -OCH3 is 1. The average Bonchev–Trinajstić information content (AvgIpc) is 2.14. The van der Waals surface area contributed by atoms with E-state index in [2.05, 4.69) is 9.72 Å². The zero-order valence-corrected chi connectivity index (χ0v) is 9.09. The molecule has 16 heavy (non-hydrogen) atoms. The molecule has 3 nitrogen and oxygen atoms in total. The van der Waals surface area contributed by atoms with E-state index in [0.29, 0.717) is 0 Å². The summed E-state index contributed by atoms with van der Waals surface area (Å²) < 4.78 is 42.3. The van der Waals surface area contributed by atoms with Crippen LogP contribution in [-0.4, -0.2) is 17.2 Å². The molecule has 0 aliphatic carbocycles. The first kappa shape index (κ1) is 12.8. The molecular weight excluding hydrogens is 223 g/mol. The molecule has 0 radical (unpaired) electrons. The van der Waals surface area contributed by atoms with Gasteiger partial charge in [-0.25, -0.2) is 4.98 Å². The molecule has 6 heteroatoms. The molecule has 0 amide bonds. The lowest BCUT2D eigenvalue weighted by Crippen LogP contribution is -2.18. The Morgan fingerprint density at radius 3 is 2.25 bits per heavy atom. The van der Waals surface area contributed by atoms with Crippen molar-refractivity contribution >= 4 is 0 Å². The van der Waals surface area contributed by atoms with E-state index in [4.69, 9.17) is 0 Å². The van der Waals surface area contributed by atoms with Crippen LogP contribution in [-0.2, 0) is 11.8 Å². The van der Waals surface area contributed by atoms with Crippen molar-refractivity contribution in [1.82, 2.24) is 4.98 Å². The highest BCUT2D eigenvalue weighted by molar-refractivity contribution is 5.34. The lowest BCUT2D eigenvalue weighted by Gasteiger charge is -2.19. The Kier molecular flexibility index (Phi) is 3.14. The van der Waals surface area contributed by atoms with E-state index in [0.717, 1.165) is 19.4 Å². The third-order valence-electron chi connectivity index (χ3n) is 2.06. The molecule has 1 aromatic rings. The number of halogens is 3. The second-order valence-corrected chi connectivity index (χ2v) is 3.84. The second-order valence-electron chi connectivity index (χ2n) is 3.84. The van der Waals surface area contributed by atoms with Gasteiger partial charge >= 0.3 is 6.18 Å². The molecule has 1 aromatic heterocycles. The van der Waals surface area contributed by atoms with Crippen LogP contribution in [0, 0.1) is 0 Å². The molecule has 0 aromatic carbocycles. The highest BCUT2D eigenvalue weighted by Gasteiger charge is 2.36. The van der Waals surface area contributed by atoms with Gasteiger partial charge in [-0.05, 0) is 19.9 Å². The van der Waals surface area contributed by atoms with Gasteiger partial charge in [0.05, 0.1) is 12.7 Å². The maximum atomic E-state index is 12.6. The van der Waals surface area contributed by atoms with Crippen molar-refractivity contribution in [2.45, 2.75) is 25.6 Å². The van der Waals surface area contributed by atoms with Crippen LogP contribution >= 0.6 is 0 Å². The Balaban J connectivity index is 3.34. The van der Waals surface area contributed by atoms with Gasteiger partial charge < -0.3 is 9.84 Å². The van der Waals surface area contributed by atoms with Gasteiger partial charge in [-0.3, -0.25) is 0 Å². The minimum absolute atomic E-state index is 0.0839. The SMILES string of the molecule is COc1ncc(C(C)(C)O)cc1C(F)(F)F. The molecule has 1 heterocycles. The van der Waals surface area contributed by atoms with Gasteiger partial charge in [0.1, 0.15) is 5.56 Å². The number of hydrogen-bond acceptors (Lipinski definition) is 3. The van der Waals surface area contributed by atoms with E-state index in [-0.39, 0.29) is 5.56 Å². The fraction of sp³-hybridized carbons (Fsp3) is 0.500. The van der Waals surface area contributed by atoms with Crippen molar-refractivity contribution in [3.05, 3.63) is 23.4 Å². The van der Waals surface area contributed by atoms with Crippen molar-refractivity contribution in [3.8, 4) is 5.88 Å². The Morgan fingerprint density at radius 1 is 1.31 bits per heavy atom. The van der Waals surface area contributed by atoms with Crippen LogP contribution < -0.4 is 4.74 Å². The summed E-state index contributed by atoms with van der Waals surface area (Å²) in [5.74, 6) is -0.500. The minimum atomic E-state index is -4.56. The van der Waals surface area contributed by atoms with E-state index < -0.39 is 23.2 Å². The van der Waals surface area contributed by atoms with E-state index in [1.165, 1.54) is 13.8 Å². The molecule has 90 valence electrons. The number of aromatic nitrogens is 1. The largest absolute Gasteiger partial charge is 0.481 e. The summed E-state index contributed by atoms with van der Waals surface area (Å²) in [7, 11) is 1.11. The van der Waals surface area contributed by atoms with E-state index >= 15 is 0 Å². The monoisotopic (exact) mass is 235 g/mol. The Morgan fingerprint density at radius 2 is 1.88 bits per heavy atom. The summed E-state index contributed by atoms with van der Waals surface area (Å²) in [4.78, 5) is 3.53. The molecule has 0 aliphatic rings. The number of rotatable bonds is 2. The quantitative estimate of drug-likeness (QED) is 0.855. The first-order chi connectivity index (χ1) is 7.16. The molecular formula is C10H12F3NO2. The average molecular weight is 235 g/mol. The Bertz CT molecular complexity index is 383. The van der Waals surface area contributed by atoms with Gasteiger partial charge in [0, 0.05) is 11.8 Å². The van der Waals surface area contributed by atoms with Crippen LogP contribution in [0.5, 0.6) is 5.88 Å². The van der Waals surface area contributed by atoms with Gasteiger partial charge in [-0.2, -0.15) is 13.2 Å². The molecule has 0 saturated heterocycles. The molecule has 0 atom stereocenters. The van der Waals surface area contributed by atoms with Crippen LogP contribution in [0.1, 0.15) is 25.0 Å². The first-order valence-electron chi connectivity index (χ1n) is 4.50. The van der Waals surface area contributed by atoms with Crippen molar-refractivity contribution in [2.24, 2.45) is 0 Å². The third-order valence-corrected chi connectivity index (χ3v) is 2.06. The number of alkyl halides is 3. The minimum Gasteiger partial charge on any atom is -0.481 e. The summed E-state index contributed by atoms with van der Waals surface area (Å²) in [6, 6.07) is 0.839. The lowest BCUT2D eigenvalue weighted by atomic mass is 9.99. The fourth-order valence-corrected chi connectivity index (χ4v) is 1.15. The molecule has 1 N–H and O–H groups in total. The number of pyridine rings is 1. The standard InChI is InChI=1S/C10H12F3NO2/c1-9(2,15)6-4-7(10(11,12)13)8(16-3)14-5-6/h4-5,15H,1-3H3. The topological polar surface area (TPSA) is 42.4 Å². The third kappa shape index (κ3) is 2.63. The summed E-state index contributed by atoms with van der Waals surface area (Å²) in [6.07, 6.45) is -3.40. The molecule has 0 fully saturated rings. The van der Waals surface area contributed by atoms with Crippen LogP contribution in [0.3, 0.4) is 0 Å². The predicted molar refractivity (Wildman–Crippen MR) is 51.0 cm³/mol. The zero-order chi connectivity index (χ0) is 12.6. The number of aliphatic hydroxyl groups is 1. The lowest BCUT2D eigenvalue weighted by molar-refractivity contribution is -0.139. The summed E-state index contributed by atoms with van der Waals surface area (Å²) in [6.45, 7) is 2.77. The maximum absolute atomic E-state index is 12.6. The normalized spacial score (nSPS) is 12.7. The number of hydrogen-bond donors (Lipinski definition) is 1. The number of ether oxygens (including phenoxy) is 1. The molecule has 0 unspecified atom stereocenters. The van der Waals surface area contributed by atoms with E-state index in [1.807, 2.05) is 0 Å². The highest BCUT2D eigenvalue weighted by atomic mass is 19.4. The first-order valence-corrected chi connectivity index (χ1v) is 4.50. The molecule has 0 spiro atoms.